The van der Waals surface area contributed by atoms with Gasteiger partial charge in [-0.2, -0.15) is 0 Å². The molecule has 0 fully saturated rings. The number of carbonyl (C=O) groups is 1. The van der Waals surface area contributed by atoms with Crippen LogP contribution in [0.3, 0.4) is 0 Å². The van der Waals surface area contributed by atoms with Gasteiger partial charge >= 0.3 is 5.97 Å². The van der Waals surface area contributed by atoms with E-state index < -0.39 is 5.92 Å². The van der Waals surface area contributed by atoms with Crippen molar-refractivity contribution in [2.45, 2.75) is 19.3 Å². The highest BCUT2D eigenvalue weighted by Gasteiger charge is 2.22. The third-order valence-corrected chi connectivity index (χ3v) is 4.73. The standard InChI is InChI=1S/C21H19ClO5/c1-4-15(21(24)26-3)13-7-10-17-16(11-13)18(23)20(25-2)19(27-17)12-5-8-14(22)9-6-12/h5-11,15H,4H2,1-3H3/t15-/m1/s1. The van der Waals surface area contributed by atoms with E-state index in [1.54, 1.807) is 42.5 Å². The second kappa shape index (κ2) is 7.84. The minimum atomic E-state index is -0.444. The largest absolute Gasteiger partial charge is 0.490 e. The summed E-state index contributed by atoms with van der Waals surface area (Å²) in [5.41, 5.74) is 1.49. The number of fused-ring (bicyclic) bond motifs is 1. The van der Waals surface area contributed by atoms with Crippen LogP contribution in [0.2, 0.25) is 5.02 Å². The first-order valence-electron chi connectivity index (χ1n) is 8.48. The van der Waals surface area contributed by atoms with Crippen molar-refractivity contribution in [3.63, 3.8) is 0 Å². The summed E-state index contributed by atoms with van der Waals surface area (Å²) in [6, 6.07) is 12.1. The highest BCUT2D eigenvalue weighted by atomic mass is 35.5. The molecule has 0 saturated carbocycles. The lowest BCUT2D eigenvalue weighted by Crippen LogP contribution is -2.14. The molecule has 5 nitrogen and oxygen atoms in total. The van der Waals surface area contributed by atoms with Crippen LogP contribution in [0.5, 0.6) is 5.75 Å². The van der Waals surface area contributed by atoms with Crippen LogP contribution < -0.4 is 10.2 Å². The third-order valence-electron chi connectivity index (χ3n) is 4.48. The van der Waals surface area contributed by atoms with Gasteiger partial charge in [-0.1, -0.05) is 24.6 Å². The molecule has 2 aromatic carbocycles. The molecular weight excluding hydrogens is 368 g/mol. The van der Waals surface area contributed by atoms with Crippen LogP contribution in [0.15, 0.2) is 51.7 Å². The lowest BCUT2D eigenvalue weighted by molar-refractivity contribution is -0.142. The van der Waals surface area contributed by atoms with E-state index in [0.29, 0.717) is 39.3 Å². The number of benzene rings is 2. The van der Waals surface area contributed by atoms with Crippen LogP contribution in [-0.2, 0) is 9.53 Å². The number of methoxy groups -OCH3 is 2. The van der Waals surface area contributed by atoms with Gasteiger partial charge in [-0.3, -0.25) is 9.59 Å². The Hall–Kier alpha value is -2.79. The van der Waals surface area contributed by atoms with Gasteiger partial charge in [0.05, 0.1) is 25.5 Å². The summed E-state index contributed by atoms with van der Waals surface area (Å²) in [5.74, 6) is -0.348. The fourth-order valence-corrected chi connectivity index (χ4v) is 3.20. The summed E-state index contributed by atoms with van der Waals surface area (Å²) in [5, 5.41) is 0.934. The normalized spacial score (nSPS) is 12.0. The summed E-state index contributed by atoms with van der Waals surface area (Å²) in [7, 11) is 2.77. The fourth-order valence-electron chi connectivity index (χ4n) is 3.07. The second-order valence-corrected chi connectivity index (χ2v) is 6.48. The summed E-state index contributed by atoms with van der Waals surface area (Å²) < 4.78 is 16.2. The number of hydrogen-bond acceptors (Lipinski definition) is 5. The topological polar surface area (TPSA) is 65.7 Å². The molecule has 0 spiro atoms. The molecule has 0 aliphatic rings. The highest BCUT2D eigenvalue weighted by Crippen LogP contribution is 2.33. The van der Waals surface area contributed by atoms with Gasteiger partial charge in [0.2, 0.25) is 11.2 Å². The lowest BCUT2D eigenvalue weighted by atomic mass is 9.95. The minimum Gasteiger partial charge on any atom is -0.490 e. The first-order chi connectivity index (χ1) is 13.0. The summed E-state index contributed by atoms with van der Waals surface area (Å²) in [4.78, 5) is 25.0. The Morgan fingerprint density at radius 1 is 1.15 bits per heavy atom. The van der Waals surface area contributed by atoms with Gasteiger partial charge in [0, 0.05) is 10.6 Å². The molecule has 0 aliphatic heterocycles. The molecule has 0 aliphatic carbocycles. The average molecular weight is 387 g/mol. The van der Waals surface area contributed by atoms with Gasteiger partial charge in [-0.05, 0) is 48.4 Å². The quantitative estimate of drug-likeness (QED) is 0.590. The minimum absolute atomic E-state index is 0.105. The van der Waals surface area contributed by atoms with Crippen molar-refractivity contribution in [2.24, 2.45) is 0 Å². The predicted octanol–water partition coefficient (Wildman–Crippen LogP) is 4.79. The molecule has 27 heavy (non-hydrogen) atoms. The number of ether oxygens (including phenoxy) is 2. The molecule has 0 saturated heterocycles. The zero-order chi connectivity index (χ0) is 19.6. The molecule has 6 heteroatoms. The van der Waals surface area contributed by atoms with Crippen molar-refractivity contribution in [3.05, 3.63) is 63.3 Å². The van der Waals surface area contributed by atoms with E-state index in [9.17, 15) is 9.59 Å². The van der Waals surface area contributed by atoms with E-state index in [0.717, 1.165) is 0 Å². The smallest absolute Gasteiger partial charge is 0.313 e. The van der Waals surface area contributed by atoms with Crippen LogP contribution in [0.25, 0.3) is 22.3 Å². The highest BCUT2D eigenvalue weighted by molar-refractivity contribution is 6.30. The van der Waals surface area contributed by atoms with Crippen LogP contribution in [-0.4, -0.2) is 20.2 Å². The van der Waals surface area contributed by atoms with E-state index >= 15 is 0 Å². The third kappa shape index (κ3) is 3.55. The fraction of sp³-hybridized carbons (Fsp3) is 0.238. The van der Waals surface area contributed by atoms with Gasteiger partial charge in [0.15, 0.2) is 5.76 Å². The van der Waals surface area contributed by atoms with E-state index in [-0.39, 0.29) is 17.1 Å². The van der Waals surface area contributed by atoms with Gasteiger partial charge in [0.1, 0.15) is 5.58 Å². The molecule has 0 radical (unpaired) electrons. The van der Waals surface area contributed by atoms with Crippen LogP contribution >= 0.6 is 11.6 Å². The van der Waals surface area contributed by atoms with Gasteiger partial charge < -0.3 is 13.9 Å². The molecular formula is C21H19ClO5. The molecule has 0 unspecified atom stereocenters. The Kier molecular flexibility index (Phi) is 5.51. The predicted molar refractivity (Wildman–Crippen MR) is 105 cm³/mol. The van der Waals surface area contributed by atoms with Crippen molar-refractivity contribution < 1.29 is 18.7 Å². The Labute approximate surface area is 161 Å². The molecule has 0 amide bonds. The summed E-state index contributed by atoms with van der Waals surface area (Å²) in [6.45, 7) is 1.89. The second-order valence-electron chi connectivity index (χ2n) is 6.04. The van der Waals surface area contributed by atoms with Crippen molar-refractivity contribution in [3.8, 4) is 17.1 Å². The van der Waals surface area contributed by atoms with Gasteiger partial charge in [-0.25, -0.2) is 0 Å². The average Bonchev–Trinajstić information content (AvgIpc) is 2.69. The molecule has 140 valence electrons. The first kappa shape index (κ1) is 19.0. The van der Waals surface area contributed by atoms with E-state index in [2.05, 4.69) is 0 Å². The van der Waals surface area contributed by atoms with Crippen LogP contribution in [0, 0.1) is 0 Å². The van der Waals surface area contributed by atoms with Gasteiger partial charge in [-0.15, -0.1) is 0 Å². The Bertz CT molecular complexity index is 1040. The Balaban J connectivity index is 2.21. The number of halogens is 1. The molecule has 0 bridgehead atoms. The first-order valence-corrected chi connectivity index (χ1v) is 8.86. The number of esters is 1. The van der Waals surface area contributed by atoms with Crippen molar-refractivity contribution >= 4 is 28.5 Å². The number of rotatable bonds is 5. The van der Waals surface area contributed by atoms with E-state index in [1.165, 1.54) is 14.2 Å². The van der Waals surface area contributed by atoms with E-state index in [1.807, 2.05) is 6.92 Å². The zero-order valence-electron chi connectivity index (χ0n) is 15.2. The molecule has 1 aromatic heterocycles. The maximum absolute atomic E-state index is 13.0. The molecule has 1 atom stereocenters. The molecule has 0 N–H and O–H groups in total. The SMILES string of the molecule is CC[C@@H](C(=O)OC)c1ccc2oc(-c3ccc(Cl)cc3)c(OC)c(=O)c2c1. The van der Waals surface area contributed by atoms with Crippen molar-refractivity contribution in [2.75, 3.05) is 14.2 Å². The molecule has 3 aromatic rings. The summed E-state index contributed by atoms with van der Waals surface area (Å²) >= 11 is 5.94. The van der Waals surface area contributed by atoms with Crippen LogP contribution in [0.4, 0.5) is 0 Å². The summed E-state index contributed by atoms with van der Waals surface area (Å²) in [6.07, 6.45) is 0.559. The Morgan fingerprint density at radius 3 is 2.44 bits per heavy atom. The lowest BCUT2D eigenvalue weighted by Gasteiger charge is -2.14. The number of carbonyl (C=O) groups excluding carboxylic acids is 1. The molecule has 3 rings (SSSR count). The number of hydrogen-bond donors (Lipinski definition) is 0. The Morgan fingerprint density at radius 2 is 1.85 bits per heavy atom. The van der Waals surface area contributed by atoms with Crippen molar-refractivity contribution in [1.29, 1.82) is 0 Å². The van der Waals surface area contributed by atoms with Gasteiger partial charge in [0.25, 0.3) is 0 Å². The zero-order valence-corrected chi connectivity index (χ0v) is 16.0. The van der Waals surface area contributed by atoms with Crippen LogP contribution in [0.1, 0.15) is 24.8 Å². The van der Waals surface area contributed by atoms with E-state index in [4.69, 9.17) is 25.5 Å². The monoisotopic (exact) mass is 386 g/mol. The maximum atomic E-state index is 13.0. The maximum Gasteiger partial charge on any atom is 0.313 e. The van der Waals surface area contributed by atoms with Crippen molar-refractivity contribution in [1.82, 2.24) is 0 Å². The molecule has 1 heterocycles.